The average Bonchev–Trinajstić information content (AvgIpc) is 2.47. The first kappa shape index (κ1) is 8.76. The average molecular weight is 175 g/mol. The minimum absolute atomic E-state index is 0.265. The van der Waals surface area contributed by atoms with Crippen molar-refractivity contribution in [3.05, 3.63) is 35.9 Å². The smallest absolute Gasteiger partial charge is 0.0194 e. The number of hydrogen-bond acceptors (Lipinski definition) is 1. The molecule has 1 aliphatic rings. The maximum Gasteiger partial charge on any atom is 0.0194 e. The molecule has 1 aromatic carbocycles. The molecule has 1 aliphatic heterocycles. The topological polar surface area (TPSA) is 12.0 Å². The maximum absolute atomic E-state index is 3.54. The van der Waals surface area contributed by atoms with Gasteiger partial charge in [0.2, 0.25) is 0 Å². The Morgan fingerprint density at radius 2 is 1.92 bits per heavy atom. The van der Waals surface area contributed by atoms with E-state index in [4.69, 9.17) is 0 Å². The fraction of sp³-hybridized carbons (Fsp3) is 0.500. The Balaban J connectivity index is 2.27. The Labute approximate surface area is 80.2 Å². The Hall–Kier alpha value is -0.820. The molecule has 70 valence electrons. The van der Waals surface area contributed by atoms with Gasteiger partial charge in [-0.15, -0.1) is 0 Å². The molecule has 1 fully saturated rings. The Kier molecular flexibility index (Phi) is 2.12. The van der Waals surface area contributed by atoms with E-state index in [9.17, 15) is 0 Å². The van der Waals surface area contributed by atoms with Crippen LogP contribution in [0.15, 0.2) is 30.3 Å². The van der Waals surface area contributed by atoms with Crippen molar-refractivity contribution in [2.75, 3.05) is 6.54 Å². The van der Waals surface area contributed by atoms with Gasteiger partial charge in [0.1, 0.15) is 0 Å². The van der Waals surface area contributed by atoms with Crippen molar-refractivity contribution in [3.63, 3.8) is 0 Å². The quantitative estimate of drug-likeness (QED) is 0.691. The molecule has 1 saturated heterocycles. The number of nitrogens with one attached hydrogen (secondary N) is 1. The Morgan fingerprint density at radius 3 is 2.46 bits per heavy atom. The first-order valence-electron chi connectivity index (χ1n) is 5.00. The van der Waals surface area contributed by atoms with Crippen LogP contribution in [0.1, 0.15) is 31.7 Å². The van der Waals surface area contributed by atoms with E-state index in [1.807, 2.05) is 0 Å². The van der Waals surface area contributed by atoms with Gasteiger partial charge in [-0.2, -0.15) is 0 Å². The fourth-order valence-corrected chi connectivity index (χ4v) is 2.29. The van der Waals surface area contributed by atoms with Gasteiger partial charge in [-0.05, 0) is 32.4 Å². The second-order valence-corrected chi connectivity index (χ2v) is 4.40. The van der Waals surface area contributed by atoms with E-state index in [2.05, 4.69) is 49.5 Å². The van der Waals surface area contributed by atoms with Gasteiger partial charge >= 0.3 is 0 Å². The molecule has 1 N–H and O–H groups in total. The van der Waals surface area contributed by atoms with Crippen molar-refractivity contribution in [1.29, 1.82) is 0 Å². The first-order valence-corrected chi connectivity index (χ1v) is 5.00. The molecule has 0 aromatic heterocycles. The van der Waals surface area contributed by atoms with Gasteiger partial charge in [0.05, 0.1) is 0 Å². The lowest BCUT2D eigenvalue weighted by molar-refractivity contribution is 0.411. The zero-order valence-electron chi connectivity index (χ0n) is 8.38. The van der Waals surface area contributed by atoms with Crippen LogP contribution in [0.2, 0.25) is 0 Å². The van der Waals surface area contributed by atoms with E-state index in [0.29, 0.717) is 5.92 Å². The maximum atomic E-state index is 3.54. The lowest BCUT2D eigenvalue weighted by atomic mass is 9.83. The Bertz CT molecular complexity index is 276. The SMILES string of the molecule is CC1(C)NCC[C@H]1c1ccccc1. The third kappa shape index (κ3) is 1.61. The molecular weight excluding hydrogens is 158 g/mol. The van der Waals surface area contributed by atoms with E-state index in [-0.39, 0.29) is 5.54 Å². The molecule has 0 aliphatic carbocycles. The summed E-state index contributed by atoms with van der Waals surface area (Å²) >= 11 is 0. The summed E-state index contributed by atoms with van der Waals surface area (Å²) in [6.45, 7) is 5.72. The van der Waals surface area contributed by atoms with Crippen LogP contribution in [-0.4, -0.2) is 12.1 Å². The minimum atomic E-state index is 0.265. The molecule has 0 saturated carbocycles. The third-order valence-corrected chi connectivity index (χ3v) is 3.09. The molecule has 0 unspecified atom stereocenters. The summed E-state index contributed by atoms with van der Waals surface area (Å²) in [5.74, 6) is 0.675. The molecule has 0 spiro atoms. The van der Waals surface area contributed by atoms with E-state index in [0.717, 1.165) is 6.54 Å². The highest BCUT2D eigenvalue weighted by Gasteiger charge is 2.34. The van der Waals surface area contributed by atoms with E-state index >= 15 is 0 Å². The van der Waals surface area contributed by atoms with Gasteiger partial charge in [0.25, 0.3) is 0 Å². The second-order valence-electron chi connectivity index (χ2n) is 4.40. The van der Waals surface area contributed by atoms with Crippen LogP contribution in [-0.2, 0) is 0 Å². The number of hydrogen-bond donors (Lipinski definition) is 1. The molecule has 0 radical (unpaired) electrons. The summed E-state index contributed by atoms with van der Waals surface area (Å²) in [6, 6.07) is 10.8. The van der Waals surface area contributed by atoms with Gasteiger partial charge in [-0.1, -0.05) is 30.3 Å². The van der Waals surface area contributed by atoms with Crippen molar-refractivity contribution in [2.24, 2.45) is 0 Å². The van der Waals surface area contributed by atoms with Gasteiger partial charge in [0.15, 0.2) is 0 Å². The predicted octanol–water partition coefficient (Wildman–Crippen LogP) is 2.54. The largest absolute Gasteiger partial charge is 0.311 e. The molecule has 1 aromatic rings. The van der Waals surface area contributed by atoms with Crippen LogP contribution in [0.5, 0.6) is 0 Å². The zero-order valence-corrected chi connectivity index (χ0v) is 8.38. The third-order valence-electron chi connectivity index (χ3n) is 3.09. The zero-order chi connectivity index (χ0) is 9.31. The van der Waals surface area contributed by atoms with Gasteiger partial charge < -0.3 is 5.32 Å². The first-order chi connectivity index (χ1) is 6.20. The van der Waals surface area contributed by atoms with Crippen LogP contribution < -0.4 is 5.32 Å². The molecule has 0 amide bonds. The van der Waals surface area contributed by atoms with Crippen molar-refractivity contribution in [2.45, 2.75) is 31.7 Å². The highest BCUT2D eigenvalue weighted by atomic mass is 15.0. The number of benzene rings is 1. The molecule has 0 bridgehead atoms. The molecule has 1 nitrogen and oxygen atoms in total. The van der Waals surface area contributed by atoms with E-state index in [1.165, 1.54) is 12.0 Å². The monoisotopic (exact) mass is 175 g/mol. The van der Waals surface area contributed by atoms with Crippen molar-refractivity contribution in [3.8, 4) is 0 Å². The number of rotatable bonds is 1. The van der Waals surface area contributed by atoms with Crippen LogP contribution in [0.4, 0.5) is 0 Å². The lowest BCUT2D eigenvalue weighted by Gasteiger charge is -2.27. The van der Waals surface area contributed by atoms with Gasteiger partial charge in [0, 0.05) is 11.5 Å². The molecule has 2 rings (SSSR count). The molecule has 13 heavy (non-hydrogen) atoms. The molecule has 1 atom stereocenters. The minimum Gasteiger partial charge on any atom is -0.311 e. The van der Waals surface area contributed by atoms with Crippen LogP contribution in [0.3, 0.4) is 0 Å². The van der Waals surface area contributed by atoms with Crippen LogP contribution in [0.25, 0.3) is 0 Å². The summed E-state index contributed by atoms with van der Waals surface area (Å²) in [5.41, 5.74) is 1.74. The second kappa shape index (κ2) is 3.15. The van der Waals surface area contributed by atoms with E-state index < -0.39 is 0 Å². The molecular formula is C12H17N. The van der Waals surface area contributed by atoms with Gasteiger partial charge in [-0.25, -0.2) is 0 Å². The summed E-state index contributed by atoms with van der Waals surface area (Å²) in [5, 5.41) is 3.54. The van der Waals surface area contributed by atoms with Crippen molar-refractivity contribution in [1.82, 2.24) is 5.32 Å². The summed E-state index contributed by atoms with van der Waals surface area (Å²) in [4.78, 5) is 0. The molecule has 1 heterocycles. The summed E-state index contributed by atoms with van der Waals surface area (Å²) in [6.07, 6.45) is 1.26. The summed E-state index contributed by atoms with van der Waals surface area (Å²) in [7, 11) is 0. The standard InChI is InChI=1S/C12H17N/c1-12(2)11(8-9-13-12)10-6-4-3-5-7-10/h3-7,11,13H,8-9H2,1-2H3/t11-/m0/s1. The van der Waals surface area contributed by atoms with Crippen molar-refractivity contribution < 1.29 is 0 Å². The lowest BCUT2D eigenvalue weighted by Crippen LogP contribution is -2.36. The predicted molar refractivity (Wildman–Crippen MR) is 55.9 cm³/mol. The highest BCUT2D eigenvalue weighted by Crippen LogP contribution is 2.34. The molecule has 1 heteroatoms. The van der Waals surface area contributed by atoms with Crippen LogP contribution in [0, 0.1) is 0 Å². The van der Waals surface area contributed by atoms with E-state index in [1.54, 1.807) is 0 Å². The fourth-order valence-electron chi connectivity index (χ4n) is 2.29. The Morgan fingerprint density at radius 1 is 1.23 bits per heavy atom. The van der Waals surface area contributed by atoms with Gasteiger partial charge in [-0.3, -0.25) is 0 Å². The highest BCUT2D eigenvalue weighted by molar-refractivity contribution is 5.24. The van der Waals surface area contributed by atoms with Crippen LogP contribution >= 0.6 is 0 Å². The summed E-state index contributed by atoms with van der Waals surface area (Å²) < 4.78 is 0. The van der Waals surface area contributed by atoms with Crippen molar-refractivity contribution >= 4 is 0 Å². The normalized spacial score (nSPS) is 26.2.